The van der Waals surface area contributed by atoms with Crippen molar-refractivity contribution in [1.82, 2.24) is 0 Å². The average molecular weight is 346 g/mol. The third kappa shape index (κ3) is 4.38. The van der Waals surface area contributed by atoms with Crippen molar-refractivity contribution in [3.8, 4) is 0 Å². The Morgan fingerprint density at radius 3 is 2.28 bits per heavy atom. The summed E-state index contributed by atoms with van der Waals surface area (Å²) in [6, 6.07) is 5.29. The van der Waals surface area contributed by atoms with Crippen LogP contribution in [-0.4, -0.2) is 22.9 Å². The second-order valence-corrected chi connectivity index (χ2v) is 7.90. The van der Waals surface area contributed by atoms with E-state index in [1.807, 2.05) is 33.8 Å². The van der Waals surface area contributed by atoms with Crippen molar-refractivity contribution in [2.75, 3.05) is 10.6 Å². The van der Waals surface area contributed by atoms with Crippen LogP contribution < -0.4 is 10.6 Å². The summed E-state index contributed by atoms with van der Waals surface area (Å²) in [7, 11) is 0. The molecule has 0 bridgehead atoms. The molecular formula is C19H26N2O4. The second-order valence-electron chi connectivity index (χ2n) is 7.90. The average Bonchev–Trinajstić information content (AvgIpc) is 2.45. The molecule has 1 aliphatic carbocycles. The molecule has 6 nitrogen and oxygen atoms in total. The Balaban J connectivity index is 2.09. The number of amides is 2. The van der Waals surface area contributed by atoms with Gasteiger partial charge in [0, 0.05) is 23.2 Å². The van der Waals surface area contributed by atoms with Gasteiger partial charge in [-0.05, 0) is 37.5 Å². The van der Waals surface area contributed by atoms with Gasteiger partial charge < -0.3 is 15.7 Å². The van der Waals surface area contributed by atoms with Gasteiger partial charge >= 0.3 is 5.97 Å². The van der Waals surface area contributed by atoms with Gasteiger partial charge in [0.25, 0.3) is 0 Å². The lowest BCUT2D eigenvalue weighted by Crippen LogP contribution is -2.41. The van der Waals surface area contributed by atoms with E-state index in [9.17, 15) is 19.5 Å². The smallest absolute Gasteiger partial charge is 0.310 e. The van der Waals surface area contributed by atoms with Crippen molar-refractivity contribution in [3.05, 3.63) is 23.8 Å². The minimum absolute atomic E-state index is 0.0274. The maximum absolute atomic E-state index is 12.3. The molecule has 6 heteroatoms. The molecule has 1 saturated carbocycles. The first-order valence-corrected chi connectivity index (χ1v) is 8.49. The predicted octanol–water partition coefficient (Wildman–Crippen LogP) is 3.56. The van der Waals surface area contributed by atoms with E-state index in [1.54, 1.807) is 12.1 Å². The quantitative estimate of drug-likeness (QED) is 0.759. The van der Waals surface area contributed by atoms with Gasteiger partial charge in [0.2, 0.25) is 11.8 Å². The number of rotatable bonds is 5. The lowest BCUT2D eigenvalue weighted by atomic mass is 9.66. The standard InChI is InChI=1S/C19H26N2O4/c1-12-6-7-13(20-16(23)18(2,3)4)10-14(12)21-15(22)11-19(17(24)25)8-5-9-19/h6-7,10H,5,8-9,11H2,1-4H3,(H,20,23)(H,21,22)(H,24,25). The molecule has 0 saturated heterocycles. The number of anilines is 2. The van der Waals surface area contributed by atoms with Gasteiger partial charge in [-0.25, -0.2) is 0 Å². The van der Waals surface area contributed by atoms with Crippen LogP contribution in [0.3, 0.4) is 0 Å². The van der Waals surface area contributed by atoms with Crippen molar-refractivity contribution >= 4 is 29.2 Å². The lowest BCUT2D eigenvalue weighted by molar-refractivity contribution is -0.157. The molecule has 3 N–H and O–H groups in total. The topological polar surface area (TPSA) is 95.5 Å². The van der Waals surface area contributed by atoms with Crippen molar-refractivity contribution in [2.24, 2.45) is 10.8 Å². The van der Waals surface area contributed by atoms with Crippen LogP contribution in [-0.2, 0) is 14.4 Å². The number of carboxylic acids is 1. The van der Waals surface area contributed by atoms with E-state index in [0.717, 1.165) is 12.0 Å². The Morgan fingerprint density at radius 1 is 1.16 bits per heavy atom. The summed E-state index contributed by atoms with van der Waals surface area (Å²) in [5, 5.41) is 15.0. The maximum Gasteiger partial charge on any atom is 0.310 e. The molecule has 25 heavy (non-hydrogen) atoms. The molecule has 0 aliphatic heterocycles. The Kier molecular flexibility index (Phi) is 5.20. The van der Waals surface area contributed by atoms with E-state index in [0.29, 0.717) is 24.2 Å². The van der Waals surface area contributed by atoms with Gasteiger partial charge in [-0.3, -0.25) is 14.4 Å². The highest BCUT2D eigenvalue weighted by Crippen LogP contribution is 2.44. The van der Waals surface area contributed by atoms with Crippen LogP contribution in [0, 0.1) is 17.8 Å². The van der Waals surface area contributed by atoms with Crippen LogP contribution in [0.4, 0.5) is 11.4 Å². The van der Waals surface area contributed by atoms with Gasteiger partial charge in [-0.15, -0.1) is 0 Å². The number of hydrogen-bond donors (Lipinski definition) is 3. The minimum Gasteiger partial charge on any atom is -0.481 e. The molecule has 136 valence electrons. The van der Waals surface area contributed by atoms with Crippen LogP contribution in [0.1, 0.15) is 52.0 Å². The van der Waals surface area contributed by atoms with E-state index >= 15 is 0 Å². The van der Waals surface area contributed by atoms with Gasteiger partial charge in [-0.2, -0.15) is 0 Å². The summed E-state index contributed by atoms with van der Waals surface area (Å²) < 4.78 is 0. The Morgan fingerprint density at radius 2 is 1.80 bits per heavy atom. The molecular weight excluding hydrogens is 320 g/mol. The van der Waals surface area contributed by atoms with E-state index in [-0.39, 0.29) is 18.2 Å². The van der Waals surface area contributed by atoms with Crippen molar-refractivity contribution in [2.45, 2.75) is 53.4 Å². The number of aryl methyl sites for hydroxylation is 1. The summed E-state index contributed by atoms with van der Waals surface area (Å²) in [5.74, 6) is -1.34. The van der Waals surface area contributed by atoms with Gasteiger partial charge in [-0.1, -0.05) is 33.3 Å². The summed E-state index contributed by atoms with van der Waals surface area (Å²) in [6.45, 7) is 7.32. The number of nitrogens with one attached hydrogen (secondary N) is 2. The monoisotopic (exact) mass is 346 g/mol. The van der Waals surface area contributed by atoms with Crippen LogP contribution >= 0.6 is 0 Å². The molecule has 0 spiro atoms. The molecule has 1 fully saturated rings. The van der Waals surface area contributed by atoms with E-state index < -0.39 is 16.8 Å². The fourth-order valence-electron chi connectivity index (χ4n) is 2.72. The van der Waals surface area contributed by atoms with E-state index in [2.05, 4.69) is 10.6 Å². The van der Waals surface area contributed by atoms with Crippen molar-refractivity contribution < 1.29 is 19.5 Å². The third-order valence-electron chi connectivity index (χ3n) is 4.71. The third-order valence-corrected chi connectivity index (χ3v) is 4.71. The molecule has 2 rings (SSSR count). The van der Waals surface area contributed by atoms with Gasteiger partial charge in [0.15, 0.2) is 0 Å². The highest BCUT2D eigenvalue weighted by Gasteiger charge is 2.45. The molecule has 0 aromatic heterocycles. The molecule has 1 aromatic carbocycles. The first-order valence-electron chi connectivity index (χ1n) is 8.49. The summed E-state index contributed by atoms with van der Waals surface area (Å²) in [5.41, 5.74) is 0.580. The molecule has 2 amide bonds. The zero-order valence-electron chi connectivity index (χ0n) is 15.2. The van der Waals surface area contributed by atoms with E-state index in [1.165, 1.54) is 0 Å². The first kappa shape index (κ1) is 19.0. The molecule has 1 aromatic rings. The molecule has 0 atom stereocenters. The van der Waals surface area contributed by atoms with Crippen LogP contribution in [0.25, 0.3) is 0 Å². The van der Waals surface area contributed by atoms with Crippen LogP contribution in [0.15, 0.2) is 18.2 Å². The molecule has 0 radical (unpaired) electrons. The fourth-order valence-corrected chi connectivity index (χ4v) is 2.72. The number of hydrogen-bond acceptors (Lipinski definition) is 3. The number of aliphatic carboxylic acids is 1. The van der Waals surface area contributed by atoms with E-state index in [4.69, 9.17) is 0 Å². The predicted molar refractivity (Wildman–Crippen MR) is 96.4 cm³/mol. The van der Waals surface area contributed by atoms with Crippen LogP contribution in [0.2, 0.25) is 0 Å². The number of carboxylic acid groups (broad SMARTS) is 1. The van der Waals surface area contributed by atoms with Gasteiger partial charge in [0.1, 0.15) is 0 Å². The Hall–Kier alpha value is -2.37. The van der Waals surface area contributed by atoms with Crippen molar-refractivity contribution in [1.29, 1.82) is 0 Å². The largest absolute Gasteiger partial charge is 0.481 e. The number of benzene rings is 1. The summed E-state index contributed by atoms with van der Waals surface area (Å²) in [4.78, 5) is 35.8. The van der Waals surface area contributed by atoms with Crippen LogP contribution in [0.5, 0.6) is 0 Å². The zero-order valence-corrected chi connectivity index (χ0v) is 15.2. The number of carbonyl (C=O) groups is 3. The highest BCUT2D eigenvalue weighted by atomic mass is 16.4. The normalized spacial score (nSPS) is 15.8. The van der Waals surface area contributed by atoms with Crippen molar-refractivity contribution in [3.63, 3.8) is 0 Å². The first-order chi connectivity index (χ1) is 11.5. The highest BCUT2D eigenvalue weighted by molar-refractivity contribution is 5.98. The SMILES string of the molecule is Cc1ccc(NC(=O)C(C)(C)C)cc1NC(=O)CC1(C(=O)O)CCC1. The second kappa shape index (κ2) is 6.86. The summed E-state index contributed by atoms with van der Waals surface area (Å²) in [6.07, 6.45) is 1.89. The zero-order chi connectivity index (χ0) is 18.8. The molecule has 0 unspecified atom stereocenters. The molecule has 0 heterocycles. The maximum atomic E-state index is 12.3. The fraction of sp³-hybridized carbons (Fsp3) is 0.526. The lowest BCUT2D eigenvalue weighted by Gasteiger charge is -2.36. The van der Waals surface area contributed by atoms with Gasteiger partial charge in [0.05, 0.1) is 5.41 Å². The Labute approximate surface area is 148 Å². The number of carbonyl (C=O) groups excluding carboxylic acids is 2. The summed E-state index contributed by atoms with van der Waals surface area (Å²) >= 11 is 0. The molecule has 1 aliphatic rings. The Bertz CT molecular complexity index is 700. The minimum atomic E-state index is -0.921.